The average Bonchev–Trinajstić information content (AvgIpc) is 2.76. The lowest BCUT2D eigenvalue weighted by atomic mass is 9.86. The molecule has 1 aromatic rings. The van der Waals surface area contributed by atoms with E-state index in [0.717, 1.165) is 38.5 Å². The minimum absolute atomic E-state index is 0.117. The lowest BCUT2D eigenvalue weighted by Gasteiger charge is -2.30. The lowest BCUT2D eigenvalue weighted by Crippen LogP contribution is -2.45. The van der Waals surface area contributed by atoms with E-state index >= 15 is 0 Å². The summed E-state index contributed by atoms with van der Waals surface area (Å²) in [5.74, 6) is -0.525. The molecule has 1 aliphatic heterocycles. The van der Waals surface area contributed by atoms with Crippen molar-refractivity contribution in [2.24, 2.45) is 5.92 Å². The molecular weight excluding hydrogens is 404 g/mol. The summed E-state index contributed by atoms with van der Waals surface area (Å²) in [6, 6.07) is 5.84. The second-order valence-corrected chi connectivity index (χ2v) is 10.4. The first-order valence-corrected chi connectivity index (χ1v) is 12.3. The minimum atomic E-state index is -3.55. The van der Waals surface area contributed by atoms with Gasteiger partial charge in [0.25, 0.3) is 5.91 Å². The van der Waals surface area contributed by atoms with Crippen LogP contribution < -0.4 is 5.32 Å². The van der Waals surface area contributed by atoms with Crippen molar-refractivity contribution in [3.05, 3.63) is 29.8 Å². The van der Waals surface area contributed by atoms with Crippen molar-refractivity contribution in [3.63, 3.8) is 0 Å². The summed E-state index contributed by atoms with van der Waals surface area (Å²) >= 11 is 0. The Balaban J connectivity index is 1.58. The highest BCUT2D eigenvalue weighted by Gasteiger charge is 2.28. The molecule has 1 amide bonds. The quantitative estimate of drug-likeness (QED) is 0.692. The van der Waals surface area contributed by atoms with Crippen LogP contribution >= 0.6 is 0 Å². The molecule has 166 valence electrons. The number of amides is 1. The van der Waals surface area contributed by atoms with Crippen molar-refractivity contribution < 1.29 is 22.7 Å². The number of nitrogens with one attached hydrogen (secondary N) is 1. The van der Waals surface area contributed by atoms with Gasteiger partial charge in [0.1, 0.15) is 0 Å². The minimum Gasteiger partial charge on any atom is -0.449 e. The fourth-order valence-electron chi connectivity index (χ4n) is 4.13. The van der Waals surface area contributed by atoms with Gasteiger partial charge in [0.2, 0.25) is 10.0 Å². The molecule has 2 aliphatic rings. The maximum atomic E-state index is 12.7. The molecule has 1 saturated heterocycles. The monoisotopic (exact) mass is 436 g/mol. The summed E-state index contributed by atoms with van der Waals surface area (Å²) in [4.78, 5) is 25.0. The Morgan fingerprint density at radius 2 is 1.67 bits per heavy atom. The second-order valence-electron chi connectivity index (χ2n) is 8.41. The zero-order valence-electron chi connectivity index (χ0n) is 17.8. The fraction of sp³-hybridized carbons (Fsp3) is 0.636. The zero-order chi connectivity index (χ0) is 21.7. The molecule has 1 aromatic carbocycles. The van der Waals surface area contributed by atoms with Crippen LogP contribution in [0.4, 0.5) is 0 Å². The predicted octanol–water partition coefficient (Wildman–Crippen LogP) is 3.10. The Hall–Kier alpha value is -1.93. The Kier molecular flexibility index (Phi) is 7.52. The number of carbonyl (C=O) groups excluding carboxylic acids is 2. The molecule has 3 atom stereocenters. The first-order chi connectivity index (χ1) is 14.3. The van der Waals surface area contributed by atoms with E-state index < -0.39 is 22.1 Å². The Labute approximate surface area is 179 Å². The van der Waals surface area contributed by atoms with E-state index in [-0.39, 0.29) is 22.4 Å². The van der Waals surface area contributed by atoms with Crippen LogP contribution in [0, 0.1) is 5.92 Å². The normalized spacial score (nSPS) is 24.1. The molecule has 0 bridgehead atoms. The topological polar surface area (TPSA) is 92.8 Å². The standard InChI is InChI=1S/C22H32N2O5S/c1-16-8-4-5-9-20(16)23-21(25)17(2)29-22(26)18-10-12-19(13-11-18)30(27,28)24-14-6-3-7-15-24/h10-13,16-17,20H,3-9,14-15H2,1-2H3,(H,23,25)/t16-,17-,20-/m0/s1. The number of rotatable bonds is 6. The maximum Gasteiger partial charge on any atom is 0.338 e. The molecular formula is C22H32N2O5S. The average molecular weight is 437 g/mol. The van der Waals surface area contributed by atoms with Crippen molar-refractivity contribution in [2.45, 2.75) is 75.8 Å². The van der Waals surface area contributed by atoms with Crippen molar-refractivity contribution >= 4 is 21.9 Å². The molecule has 3 rings (SSSR count). The highest BCUT2D eigenvalue weighted by Crippen LogP contribution is 2.24. The number of ether oxygens (including phenoxy) is 1. The van der Waals surface area contributed by atoms with Crippen LogP contribution in [0.5, 0.6) is 0 Å². The Morgan fingerprint density at radius 1 is 1.03 bits per heavy atom. The number of piperidine rings is 1. The van der Waals surface area contributed by atoms with Crippen molar-refractivity contribution in [1.29, 1.82) is 0 Å². The van der Waals surface area contributed by atoms with Gasteiger partial charge in [-0.25, -0.2) is 13.2 Å². The van der Waals surface area contributed by atoms with E-state index in [0.29, 0.717) is 19.0 Å². The maximum absolute atomic E-state index is 12.7. The Bertz CT molecular complexity index is 847. The van der Waals surface area contributed by atoms with E-state index in [1.807, 2.05) is 0 Å². The number of carbonyl (C=O) groups is 2. The highest BCUT2D eigenvalue weighted by molar-refractivity contribution is 7.89. The third kappa shape index (κ3) is 5.40. The molecule has 0 radical (unpaired) electrons. The summed E-state index contributed by atoms with van der Waals surface area (Å²) in [6.45, 7) is 4.73. The van der Waals surface area contributed by atoms with Crippen LogP contribution in [-0.2, 0) is 19.6 Å². The summed E-state index contributed by atoms with van der Waals surface area (Å²) < 4.78 is 32.2. The number of nitrogens with zero attached hydrogens (tertiary/aromatic N) is 1. The van der Waals surface area contributed by atoms with Crippen LogP contribution in [0.25, 0.3) is 0 Å². The second kappa shape index (κ2) is 9.92. The van der Waals surface area contributed by atoms with Gasteiger partial charge in [-0.2, -0.15) is 4.31 Å². The summed E-state index contributed by atoms with van der Waals surface area (Å²) in [5, 5.41) is 2.99. The van der Waals surface area contributed by atoms with Gasteiger partial charge in [-0.05, 0) is 62.8 Å². The molecule has 0 unspecified atom stereocenters. The largest absolute Gasteiger partial charge is 0.449 e. The number of benzene rings is 1. The fourth-order valence-corrected chi connectivity index (χ4v) is 5.65. The molecule has 30 heavy (non-hydrogen) atoms. The van der Waals surface area contributed by atoms with Crippen LogP contribution in [0.15, 0.2) is 29.2 Å². The summed E-state index contributed by atoms with van der Waals surface area (Å²) in [7, 11) is -3.55. The van der Waals surface area contributed by atoms with Gasteiger partial charge < -0.3 is 10.1 Å². The number of hydrogen-bond acceptors (Lipinski definition) is 5. The van der Waals surface area contributed by atoms with Gasteiger partial charge in [-0.1, -0.05) is 26.2 Å². The van der Waals surface area contributed by atoms with E-state index in [4.69, 9.17) is 4.74 Å². The number of sulfonamides is 1. The van der Waals surface area contributed by atoms with E-state index in [9.17, 15) is 18.0 Å². The number of hydrogen-bond donors (Lipinski definition) is 1. The highest BCUT2D eigenvalue weighted by atomic mass is 32.2. The van der Waals surface area contributed by atoms with Crippen LogP contribution in [-0.4, -0.2) is 49.8 Å². The smallest absolute Gasteiger partial charge is 0.338 e. The van der Waals surface area contributed by atoms with Gasteiger partial charge >= 0.3 is 5.97 Å². The van der Waals surface area contributed by atoms with Crippen LogP contribution in [0.2, 0.25) is 0 Å². The van der Waals surface area contributed by atoms with E-state index in [1.54, 1.807) is 6.92 Å². The van der Waals surface area contributed by atoms with Crippen molar-refractivity contribution in [3.8, 4) is 0 Å². The van der Waals surface area contributed by atoms with E-state index in [1.165, 1.54) is 35.0 Å². The lowest BCUT2D eigenvalue weighted by molar-refractivity contribution is -0.130. The van der Waals surface area contributed by atoms with E-state index in [2.05, 4.69) is 12.2 Å². The number of esters is 1. The molecule has 8 heteroatoms. The first kappa shape index (κ1) is 22.7. The predicted molar refractivity (Wildman–Crippen MR) is 113 cm³/mol. The molecule has 7 nitrogen and oxygen atoms in total. The molecule has 1 saturated carbocycles. The van der Waals surface area contributed by atoms with Crippen molar-refractivity contribution in [2.75, 3.05) is 13.1 Å². The molecule has 1 N–H and O–H groups in total. The SMILES string of the molecule is C[C@H](OC(=O)c1ccc(S(=O)(=O)N2CCCCC2)cc1)C(=O)N[C@H]1CCCC[C@@H]1C. The Morgan fingerprint density at radius 3 is 2.30 bits per heavy atom. The summed E-state index contributed by atoms with van der Waals surface area (Å²) in [5.41, 5.74) is 0.221. The molecule has 1 aliphatic carbocycles. The third-order valence-corrected chi connectivity index (χ3v) is 8.05. The van der Waals surface area contributed by atoms with Gasteiger partial charge in [-0.3, -0.25) is 4.79 Å². The zero-order valence-corrected chi connectivity index (χ0v) is 18.6. The molecule has 0 spiro atoms. The van der Waals surface area contributed by atoms with Gasteiger partial charge in [0, 0.05) is 19.1 Å². The molecule has 1 heterocycles. The van der Waals surface area contributed by atoms with Crippen molar-refractivity contribution in [1.82, 2.24) is 9.62 Å². The third-order valence-electron chi connectivity index (χ3n) is 6.14. The van der Waals surface area contributed by atoms with Crippen LogP contribution in [0.3, 0.4) is 0 Å². The summed E-state index contributed by atoms with van der Waals surface area (Å²) in [6.07, 6.45) is 6.17. The van der Waals surface area contributed by atoms with Crippen LogP contribution in [0.1, 0.15) is 69.2 Å². The van der Waals surface area contributed by atoms with Gasteiger partial charge in [0.05, 0.1) is 10.5 Å². The first-order valence-electron chi connectivity index (χ1n) is 10.9. The molecule has 0 aromatic heterocycles. The van der Waals surface area contributed by atoms with Gasteiger partial charge in [-0.15, -0.1) is 0 Å². The molecule has 2 fully saturated rings. The van der Waals surface area contributed by atoms with Gasteiger partial charge in [0.15, 0.2) is 6.10 Å².